The molecule has 0 aliphatic carbocycles. The maximum Gasteiger partial charge on any atom is 0.151 e. The molecule has 1 aliphatic heterocycles. The highest BCUT2D eigenvalue weighted by molar-refractivity contribution is 7.91. The molecule has 2 rings (SSSR count). The molecule has 0 amide bonds. The van der Waals surface area contributed by atoms with Crippen molar-refractivity contribution in [3.8, 4) is 0 Å². The molecule has 0 N–H and O–H groups in total. The van der Waals surface area contributed by atoms with Crippen molar-refractivity contribution in [1.82, 2.24) is 15.1 Å². The lowest BCUT2D eigenvalue weighted by molar-refractivity contribution is -0.0214. The van der Waals surface area contributed by atoms with Crippen molar-refractivity contribution in [1.29, 1.82) is 0 Å². The van der Waals surface area contributed by atoms with Crippen LogP contribution in [0.4, 0.5) is 5.82 Å². The summed E-state index contributed by atoms with van der Waals surface area (Å²) in [7, 11) is -0.961. The van der Waals surface area contributed by atoms with E-state index in [1.807, 2.05) is 24.1 Å². The molecule has 1 atom stereocenters. The Balaban J connectivity index is 1.83. The number of rotatable bonds is 7. The van der Waals surface area contributed by atoms with E-state index in [1.54, 1.807) is 13.1 Å². The smallest absolute Gasteiger partial charge is 0.151 e. The molecular weight excluding hydrogens is 304 g/mol. The van der Waals surface area contributed by atoms with Crippen LogP contribution in [-0.2, 0) is 14.6 Å². The van der Waals surface area contributed by atoms with Crippen LogP contribution in [0.5, 0.6) is 0 Å². The third kappa shape index (κ3) is 5.19. The Kier molecular flexibility index (Phi) is 6.10. The summed E-state index contributed by atoms with van der Waals surface area (Å²) in [5.74, 6) is 1.23. The number of sulfone groups is 1. The van der Waals surface area contributed by atoms with Gasteiger partial charge in [-0.05, 0) is 12.1 Å². The first-order chi connectivity index (χ1) is 10.5. The van der Waals surface area contributed by atoms with Crippen molar-refractivity contribution in [3.05, 3.63) is 18.3 Å². The summed E-state index contributed by atoms with van der Waals surface area (Å²) in [6.07, 6.45) is 1.69. The van der Waals surface area contributed by atoms with Gasteiger partial charge < -0.3 is 9.64 Å². The van der Waals surface area contributed by atoms with Crippen LogP contribution in [0.2, 0.25) is 0 Å². The summed E-state index contributed by atoms with van der Waals surface area (Å²) in [6, 6.07) is 3.75. The zero-order valence-corrected chi connectivity index (χ0v) is 14.0. The summed E-state index contributed by atoms with van der Waals surface area (Å²) in [5.41, 5.74) is 0. The van der Waals surface area contributed by atoms with E-state index in [2.05, 4.69) is 15.1 Å². The minimum atomic E-state index is -2.91. The molecule has 8 heteroatoms. The first-order valence-corrected chi connectivity index (χ1v) is 9.35. The van der Waals surface area contributed by atoms with Crippen LogP contribution in [0.3, 0.4) is 0 Å². The zero-order chi connectivity index (χ0) is 16.0. The van der Waals surface area contributed by atoms with Gasteiger partial charge in [0.15, 0.2) is 15.7 Å². The van der Waals surface area contributed by atoms with Gasteiger partial charge in [0.05, 0.1) is 18.5 Å². The normalized spacial score (nSPS) is 20.0. The molecular formula is C14H24N4O3S. The third-order valence-corrected chi connectivity index (χ3v) is 5.49. The molecule has 0 saturated carbocycles. The summed E-state index contributed by atoms with van der Waals surface area (Å²) in [4.78, 5) is 4.16. The molecule has 0 aromatic carbocycles. The van der Waals surface area contributed by atoms with E-state index in [0.717, 1.165) is 18.9 Å². The summed E-state index contributed by atoms with van der Waals surface area (Å²) < 4.78 is 29.0. The van der Waals surface area contributed by atoms with Crippen LogP contribution in [0, 0.1) is 0 Å². The van der Waals surface area contributed by atoms with Crippen LogP contribution in [0.1, 0.15) is 6.92 Å². The SMILES string of the molecule is CCS(=O)(=O)CCN1CCOC(CN(C)c2cccnn2)C1. The lowest BCUT2D eigenvalue weighted by atomic mass is 10.2. The third-order valence-electron chi connectivity index (χ3n) is 3.81. The number of anilines is 1. The largest absolute Gasteiger partial charge is 0.374 e. The number of hydrogen-bond acceptors (Lipinski definition) is 7. The van der Waals surface area contributed by atoms with Crippen LogP contribution in [0.25, 0.3) is 0 Å². The average Bonchev–Trinajstić information content (AvgIpc) is 2.54. The van der Waals surface area contributed by atoms with Gasteiger partial charge in [-0.3, -0.25) is 4.90 Å². The van der Waals surface area contributed by atoms with E-state index in [4.69, 9.17) is 4.74 Å². The fourth-order valence-corrected chi connectivity index (χ4v) is 3.23. The van der Waals surface area contributed by atoms with Gasteiger partial charge >= 0.3 is 0 Å². The Morgan fingerprint density at radius 1 is 1.50 bits per heavy atom. The molecule has 0 spiro atoms. The molecule has 1 aromatic rings. The van der Waals surface area contributed by atoms with Crippen LogP contribution >= 0.6 is 0 Å². The molecule has 22 heavy (non-hydrogen) atoms. The predicted octanol–water partition coefficient (Wildman–Crippen LogP) is 0.0483. The summed E-state index contributed by atoms with van der Waals surface area (Å²) in [5, 5.41) is 7.94. The number of hydrogen-bond donors (Lipinski definition) is 0. The Labute approximate surface area is 132 Å². The van der Waals surface area contributed by atoms with E-state index >= 15 is 0 Å². The minimum absolute atomic E-state index is 0.0464. The molecule has 1 saturated heterocycles. The van der Waals surface area contributed by atoms with Gasteiger partial charge in [0.2, 0.25) is 0 Å². The topological polar surface area (TPSA) is 75.6 Å². The van der Waals surface area contributed by atoms with Crippen molar-refractivity contribution in [2.75, 3.05) is 56.2 Å². The molecule has 1 unspecified atom stereocenters. The molecule has 1 aliphatic rings. The highest BCUT2D eigenvalue weighted by Gasteiger charge is 2.23. The first kappa shape index (κ1) is 17.1. The van der Waals surface area contributed by atoms with Crippen molar-refractivity contribution in [2.24, 2.45) is 0 Å². The molecule has 1 fully saturated rings. The van der Waals surface area contributed by atoms with E-state index in [9.17, 15) is 8.42 Å². The van der Waals surface area contributed by atoms with Crippen molar-refractivity contribution in [3.63, 3.8) is 0 Å². The highest BCUT2D eigenvalue weighted by Crippen LogP contribution is 2.11. The highest BCUT2D eigenvalue weighted by atomic mass is 32.2. The van der Waals surface area contributed by atoms with E-state index < -0.39 is 9.84 Å². The lowest BCUT2D eigenvalue weighted by Crippen LogP contribution is -2.48. The maximum atomic E-state index is 11.6. The number of likely N-dealkylation sites (N-methyl/N-ethyl adjacent to an activating group) is 1. The van der Waals surface area contributed by atoms with Gasteiger partial charge in [-0.25, -0.2) is 8.42 Å². The monoisotopic (exact) mass is 328 g/mol. The standard InChI is InChI=1S/C14H24N4O3S/c1-3-22(19,20)10-8-18-7-9-21-13(12-18)11-17(2)14-5-4-6-15-16-14/h4-6,13H,3,7-12H2,1-2H3. The summed E-state index contributed by atoms with van der Waals surface area (Å²) in [6.45, 7) is 5.12. The van der Waals surface area contributed by atoms with Gasteiger partial charge in [-0.15, -0.1) is 5.10 Å². The molecule has 1 aromatic heterocycles. The second-order valence-electron chi connectivity index (χ2n) is 5.49. The average molecular weight is 328 g/mol. The van der Waals surface area contributed by atoms with Gasteiger partial charge in [-0.2, -0.15) is 5.10 Å². The number of aromatic nitrogens is 2. The molecule has 124 valence electrons. The van der Waals surface area contributed by atoms with Gasteiger partial charge in [0.1, 0.15) is 0 Å². The molecule has 7 nitrogen and oxygen atoms in total. The minimum Gasteiger partial charge on any atom is -0.374 e. The Hall–Kier alpha value is -1.25. The number of ether oxygens (including phenoxy) is 1. The van der Waals surface area contributed by atoms with Crippen LogP contribution in [0.15, 0.2) is 18.3 Å². The number of morpholine rings is 1. The fourth-order valence-electron chi connectivity index (χ4n) is 2.40. The summed E-state index contributed by atoms with van der Waals surface area (Å²) >= 11 is 0. The van der Waals surface area contributed by atoms with Crippen molar-refractivity contribution < 1.29 is 13.2 Å². The van der Waals surface area contributed by atoms with Crippen molar-refractivity contribution >= 4 is 15.7 Å². The quantitative estimate of drug-likeness (QED) is 0.700. The second kappa shape index (κ2) is 7.85. The Bertz CT molecular complexity index is 552. The zero-order valence-electron chi connectivity index (χ0n) is 13.2. The van der Waals surface area contributed by atoms with Crippen molar-refractivity contribution in [2.45, 2.75) is 13.0 Å². The molecule has 0 radical (unpaired) electrons. The lowest BCUT2D eigenvalue weighted by Gasteiger charge is -2.34. The van der Waals surface area contributed by atoms with Crippen LogP contribution in [-0.4, -0.2) is 81.0 Å². The number of nitrogens with zero attached hydrogens (tertiary/aromatic N) is 4. The maximum absolute atomic E-state index is 11.6. The van der Waals surface area contributed by atoms with E-state index in [1.165, 1.54) is 0 Å². The Morgan fingerprint density at radius 2 is 2.32 bits per heavy atom. The molecule has 0 bridgehead atoms. The fraction of sp³-hybridized carbons (Fsp3) is 0.714. The first-order valence-electron chi connectivity index (χ1n) is 7.53. The predicted molar refractivity (Wildman–Crippen MR) is 85.8 cm³/mol. The second-order valence-corrected chi connectivity index (χ2v) is 7.96. The van der Waals surface area contributed by atoms with E-state index in [0.29, 0.717) is 19.7 Å². The van der Waals surface area contributed by atoms with Gasteiger partial charge in [0, 0.05) is 45.2 Å². The van der Waals surface area contributed by atoms with Crippen LogP contribution < -0.4 is 4.90 Å². The van der Waals surface area contributed by atoms with Gasteiger partial charge in [-0.1, -0.05) is 6.92 Å². The van der Waals surface area contributed by atoms with Gasteiger partial charge in [0.25, 0.3) is 0 Å². The van der Waals surface area contributed by atoms with E-state index in [-0.39, 0.29) is 17.6 Å². The Morgan fingerprint density at radius 3 is 3.00 bits per heavy atom. The molecule has 2 heterocycles.